The Hall–Kier alpha value is -2.69. The Labute approximate surface area is 166 Å². The number of ether oxygens (including phenoxy) is 3. The van der Waals surface area contributed by atoms with Gasteiger partial charge in [0, 0.05) is 12.0 Å². The number of para-hydroxylation sites is 1. The van der Waals surface area contributed by atoms with Crippen molar-refractivity contribution in [3.8, 4) is 17.2 Å². The minimum absolute atomic E-state index is 0.0220. The summed E-state index contributed by atoms with van der Waals surface area (Å²) in [6.45, 7) is 2.21. The van der Waals surface area contributed by atoms with E-state index in [4.69, 9.17) is 14.2 Å². The second-order valence-corrected chi connectivity index (χ2v) is 7.53. The van der Waals surface area contributed by atoms with Crippen LogP contribution >= 0.6 is 0 Å². The molecule has 28 heavy (non-hydrogen) atoms. The fourth-order valence-electron chi connectivity index (χ4n) is 4.13. The Balaban J connectivity index is 1.35. The summed E-state index contributed by atoms with van der Waals surface area (Å²) in [5, 5.41) is 3.14. The molecule has 1 heterocycles. The molecule has 2 aliphatic rings. The third kappa shape index (κ3) is 4.24. The van der Waals surface area contributed by atoms with E-state index in [0.29, 0.717) is 32.8 Å². The summed E-state index contributed by atoms with van der Waals surface area (Å²) in [5.74, 6) is 2.45. The van der Waals surface area contributed by atoms with Crippen LogP contribution in [0.25, 0.3) is 0 Å². The molecule has 2 aromatic rings. The van der Waals surface area contributed by atoms with E-state index in [0.717, 1.165) is 30.1 Å². The lowest BCUT2D eigenvalue weighted by atomic mass is 9.78. The van der Waals surface area contributed by atoms with Gasteiger partial charge in [-0.05, 0) is 42.7 Å². The van der Waals surface area contributed by atoms with E-state index in [1.54, 1.807) is 0 Å². The Kier molecular flexibility index (Phi) is 5.70. The molecule has 1 saturated carbocycles. The fraction of sp³-hybridized carbons (Fsp3) is 0.435. The van der Waals surface area contributed by atoms with Gasteiger partial charge in [0.15, 0.2) is 11.5 Å². The molecule has 5 heteroatoms. The molecule has 1 aliphatic carbocycles. The fourth-order valence-corrected chi connectivity index (χ4v) is 4.13. The van der Waals surface area contributed by atoms with Crippen molar-refractivity contribution in [3.05, 3.63) is 54.1 Å². The number of nitrogens with one attached hydrogen (secondary N) is 1. The summed E-state index contributed by atoms with van der Waals surface area (Å²) in [5.41, 5.74) is 1.21. The summed E-state index contributed by atoms with van der Waals surface area (Å²) < 4.78 is 17.0. The molecule has 1 aliphatic heterocycles. The summed E-state index contributed by atoms with van der Waals surface area (Å²) in [6, 6.07) is 15.8. The summed E-state index contributed by atoms with van der Waals surface area (Å²) in [7, 11) is 0. The van der Waals surface area contributed by atoms with Gasteiger partial charge in [0.1, 0.15) is 19.0 Å². The van der Waals surface area contributed by atoms with Crippen molar-refractivity contribution < 1.29 is 19.0 Å². The van der Waals surface area contributed by atoms with Crippen LogP contribution in [0.2, 0.25) is 0 Å². The first-order chi connectivity index (χ1) is 13.8. The minimum atomic E-state index is -0.0220. The average molecular weight is 381 g/mol. The quantitative estimate of drug-likeness (QED) is 0.791. The van der Waals surface area contributed by atoms with E-state index >= 15 is 0 Å². The predicted octanol–water partition coefficient (Wildman–Crippen LogP) is 3.85. The molecule has 1 amide bonds. The average Bonchev–Trinajstić information content (AvgIpc) is 3.23. The topological polar surface area (TPSA) is 56.8 Å². The zero-order valence-corrected chi connectivity index (χ0v) is 16.1. The van der Waals surface area contributed by atoms with Crippen molar-refractivity contribution in [1.82, 2.24) is 5.32 Å². The molecule has 4 rings (SSSR count). The number of fused-ring (bicyclic) bond motifs is 1. The monoisotopic (exact) mass is 381 g/mol. The van der Waals surface area contributed by atoms with Gasteiger partial charge in [0.2, 0.25) is 5.91 Å². The molecule has 0 radical (unpaired) electrons. The Morgan fingerprint density at radius 2 is 1.75 bits per heavy atom. The zero-order chi connectivity index (χ0) is 19.2. The van der Waals surface area contributed by atoms with Crippen molar-refractivity contribution >= 4 is 5.91 Å². The van der Waals surface area contributed by atoms with Crippen LogP contribution < -0.4 is 19.5 Å². The summed E-state index contributed by atoms with van der Waals surface area (Å²) >= 11 is 0. The second-order valence-electron chi connectivity index (χ2n) is 7.53. The van der Waals surface area contributed by atoms with Crippen molar-refractivity contribution in [3.63, 3.8) is 0 Å². The maximum absolute atomic E-state index is 12.4. The highest BCUT2D eigenvalue weighted by molar-refractivity contribution is 5.76. The third-order valence-electron chi connectivity index (χ3n) is 5.68. The zero-order valence-electron chi connectivity index (χ0n) is 16.1. The lowest BCUT2D eigenvalue weighted by Crippen LogP contribution is -2.39. The van der Waals surface area contributed by atoms with Gasteiger partial charge < -0.3 is 19.5 Å². The summed E-state index contributed by atoms with van der Waals surface area (Å²) in [4.78, 5) is 12.4. The first kappa shape index (κ1) is 18.7. The van der Waals surface area contributed by atoms with Gasteiger partial charge >= 0.3 is 0 Å². The molecule has 0 spiro atoms. The molecule has 148 valence electrons. The maximum atomic E-state index is 12.4. The molecule has 0 bridgehead atoms. The number of carbonyl (C=O) groups excluding carboxylic acids is 1. The maximum Gasteiger partial charge on any atom is 0.223 e. The van der Waals surface area contributed by atoms with Gasteiger partial charge in [0.25, 0.3) is 0 Å². The number of benzene rings is 2. The van der Waals surface area contributed by atoms with Crippen molar-refractivity contribution in [1.29, 1.82) is 0 Å². The Bertz CT molecular complexity index is 800. The van der Waals surface area contributed by atoms with Gasteiger partial charge in [0.05, 0.1) is 13.0 Å². The van der Waals surface area contributed by atoms with Crippen LogP contribution in [0.3, 0.4) is 0 Å². The van der Waals surface area contributed by atoms with Crippen LogP contribution in [-0.2, 0) is 10.2 Å². The van der Waals surface area contributed by atoms with E-state index < -0.39 is 0 Å². The lowest BCUT2D eigenvalue weighted by molar-refractivity contribution is -0.121. The van der Waals surface area contributed by atoms with Crippen molar-refractivity contribution in [2.75, 3.05) is 26.4 Å². The van der Waals surface area contributed by atoms with E-state index in [1.165, 1.54) is 18.4 Å². The number of rotatable bonds is 7. The van der Waals surface area contributed by atoms with Crippen LogP contribution in [0, 0.1) is 0 Å². The Morgan fingerprint density at radius 1 is 1.00 bits per heavy atom. The molecular weight excluding hydrogens is 354 g/mol. The molecule has 0 unspecified atom stereocenters. The highest BCUT2D eigenvalue weighted by Crippen LogP contribution is 2.43. The number of amides is 1. The molecule has 0 atom stereocenters. The van der Waals surface area contributed by atoms with Crippen LogP contribution in [0.4, 0.5) is 0 Å². The normalized spacial score (nSPS) is 17.1. The minimum Gasteiger partial charge on any atom is -0.493 e. The number of carbonyl (C=O) groups is 1. The number of hydrogen-bond donors (Lipinski definition) is 1. The lowest BCUT2D eigenvalue weighted by Gasteiger charge is -2.31. The highest BCUT2D eigenvalue weighted by atomic mass is 16.6. The van der Waals surface area contributed by atoms with Crippen LogP contribution in [0.15, 0.2) is 48.5 Å². The van der Waals surface area contributed by atoms with Gasteiger partial charge in [-0.1, -0.05) is 37.1 Å². The molecule has 1 fully saturated rings. The molecule has 2 aromatic carbocycles. The van der Waals surface area contributed by atoms with E-state index in [9.17, 15) is 4.79 Å². The molecule has 0 saturated heterocycles. The van der Waals surface area contributed by atoms with Gasteiger partial charge in [-0.15, -0.1) is 0 Å². The van der Waals surface area contributed by atoms with Crippen LogP contribution in [-0.4, -0.2) is 32.3 Å². The summed E-state index contributed by atoms with van der Waals surface area (Å²) in [6.07, 6.45) is 4.87. The van der Waals surface area contributed by atoms with Crippen LogP contribution in [0.5, 0.6) is 17.2 Å². The predicted molar refractivity (Wildman–Crippen MR) is 107 cm³/mol. The second kappa shape index (κ2) is 8.55. The van der Waals surface area contributed by atoms with Gasteiger partial charge in [-0.25, -0.2) is 0 Å². The standard InChI is InChI=1S/C23H27NO4/c25-22(10-13-26-19-6-2-1-3-7-19)24-17-23(11-4-5-12-23)18-8-9-20-21(16-18)28-15-14-27-20/h1-3,6-9,16H,4-5,10-15,17H2,(H,24,25). The van der Waals surface area contributed by atoms with Gasteiger partial charge in [-0.2, -0.15) is 0 Å². The molecular formula is C23H27NO4. The van der Waals surface area contributed by atoms with Crippen molar-refractivity contribution in [2.24, 2.45) is 0 Å². The number of hydrogen-bond acceptors (Lipinski definition) is 4. The van der Waals surface area contributed by atoms with E-state index in [2.05, 4.69) is 17.4 Å². The molecule has 1 N–H and O–H groups in total. The first-order valence-electron chi connectivity index (χ1n) is 10.1. The van der Waals surface area contributed by atoms with Gasteiger partial charge in [-0.3, -0.25) is 4.79 Å². The van der Waals surface area contributed by atoms with E-state index in [-0.39, 0.29) is 11.3 Å². The van der Waals surface area contributed by atoms with Crippen molar-refractivity contribution in [2.45, 2.75) is 37.5 Å². The van der Waals surface area contributed by atoms with Crippen LogP contribution in [0.1, 0.15) is 37.7 Å². The highest BCUT2D eigenvalue weighted by Gasteiger charge is 2.36. The smallest absolute Gasteiger partial charge is 0.223 e. The molecule has 0 aromatic heterocycles. The Morgan fingerprint density at radius 3 is 2.54 bits per heavy atom. The van der Waals surface area contributed by atoms with E-state index in [1.807, 2.05) is 36.4 Å². The SMILES string of the molecule is O=C(CCOc1ccccc1)NCC1(c2ccc3c(c2)OCCO3)CCCC1. The molecule has 5 nitrogen and oxygen atoms in total. The largest absolute Gasteiger partial charge is 0.493 e. The third-order valence-corrected chi connectivity index (χ3v) is 5.68. The first-order valence-corrected chi connectivity index (χ1v) is 10.1.